The van der Waals surface area contributed by atoms with Crippen LogP contribution in [0.25, 0.3) is 0 Å². The van der Waals surface area contributed by atoms with Gasteiger partial charge in [-0.2, -0.15) is 0 Å². The van der Waals surface area contributed by atoms with Gasteiger partial charge in [-0.15, -0.1) is 0 Å². The Bertz CT molecular complexity index is 278. The first-order valence-corrected chi connectivity index (χ1v) is 4.29. The summed E-state index contributed by atoms with van der Waals surface area (Å²) in [5.41, 5.74) is 1.01. The molecule has 1 aromatic carbocycles. The van der Waals surface area contributed by atoms with Crippen molar-refractivity contribution in [2.75, 3.05) is 13.8 Å². The van der Waals surface area contributed by atoms with Gasteiger partial charge in [-0.05, 0) is 17.7 Å². The van der Waals surface area contributed by atoms with Crippen molar-refractivity contribution in [2.45, 2.75) is 6.54 Å². The Morgan fingerprint density at radius 1 is 1.54 bits per heavy atom. The van der Waals surface area contributed by atoms with Crippen LogP contribution in [-0.4, -0.2) is 18.9 Å². The molecule has 1 aromatic rings. The monoisotopic (exact) mass is 201 g/mol. The highest BCUT2D eigenvalue weighted by Crippen LogP contribution is 2.24. The van der Waals surface area contributed by atoms with Crippen molar-refractivity contribution in [1.29, 1.82) is 0 Å². The van der Waals surface area contributed by atoms with E-state index in [0.29, 0.717) is 17.3 Å². The van der Waals surface area contributed by atoms with E-state index < -0.39 is 0 Å². The fraction of sp³-hybridized carbons (Fsp3) is 0.333. The molecule has 0 amide bonds. The van der Waals surface area contributed by atoms with E-state index in [1.807, 2.05) is 12.1 Å². The van der Waals surface area contributed by atoms with Gasteiger partial charge in [-0.1, -0.05) is 17.7 Å². The molecule has 0 fully saturated rings. The summed E-state index contributed by atoms with van der Waals surface area (Å²) in [6, 6.07) is 5.51. The van der Waals surface area contributed by atoms with Crippen LogP contribution >= 0.6 is 11.6 Å². The molecule has 0 saturated carbocycles. The van der Waals surface area contributed by atoms with Crippen molar-refractivity contribution in [1.82, 2.24) is 5.32 Å². The Morgan fingerprint density at radius 2 is 2.31 bits per heavy atom. The van der Waals surface area contributed by atoms with Crippen LogP contribution in [0, 0.1) is 0 Å². The Kier molecular flexibility index (Phi) is 4.02. The van der Waals surface area contributed by atoms with Crippen LogP contribution in [0.2, 0.25) is 5.02 Å². The summed E-state index contributed by atoms with van der Waals surface area (Å²) >= 11 is 5.89. The smallest absolute Gasteiger partial charge is 0.137 e. The minimum atomic E-state index is -0.0380. The molecule has 13 heavy (non-hydrogen) atoms. The maximum absolute atomic E-state index is 8.53. The molecule has 4 heteroatoms. The molecule has 0 unspecified atom stereocenters. The highest BCUT2D eigenvalue weighted by atomic mass is 35.5. The molecular formula is C9H12ClNO2. The van der Waals surface area contributed by atoms with E-state index in [1.54, 1.807) is 13.2 Å². The number of nitrogens with one attached hydrogen (secondary N) is 1. The summed E-state index contributed by atoms with van der Waals surface area (Å²) in [5.74, 6) is 0.661. The van der Waals surface area contributed by atoms with Crippen LogP contribution in [-0.2, 0) is 6.54 Å². The quantitative estimate of drug-likeness (QED) is 0.724. The zero-order chi connectivity index (χ0) is 9.68. The van der Waals surface area contributed by atoms with Crippen LogP contribution in [0.3, 0.4) is 0 Å². The van der Waals surface area contributed by atoms with E-state index in [1.165, 1.54) is 0 Å². The van der Waals surface area contributed by atoms with Gasteiger partial charge in [0.15, 0.2) is 0 Å². The van der Waals surface area contributed by atoms with Crippen LogP contribution in [0.15, 0.2) is 18.2 Å². The maximum atomic E-state index is 8.53. The van der Waals surface area contributed by atoms with Crippen LogP contribution in [0.5, 0.6) is 5.75 Å². The zero-order valence-corrected chi connectivity index (χ0v) is 8.14. The van der Waals surface area contributed by atoms with Gasteiger partial charge in [0.1, 0.15) is 5.75 Å². The lowest BCUT2D eigenvalue weighted by molar-refractivity contribution is 0.259. The summed E-state index contributed by atoms with van der Waals surface area (Å²) in [4.78, 5) is 0. The van der Waals surface area contributed by atoms with Crippen LogP contribution in [0.1, 0.15) is 5.56 Å². The second-order valence-corrected chi connectivity index (χ2v) is 2.96. The Balaban J connectivity index is 2.71. The molecule has 1 rings (SSSR count). The predicted octanol–water partition coefficient (Wildman–Crippen LogP) is 1.39. The summed E-state index contributed by atoms with van der Waals surface area (Å²) in [7, 11) is 1.58. The van der Waals surface area contributed by atoms with Crippen molar-refractivity contribution in [3.05, 3.63) is 28.8 Å². The fourth-order valence-electron chi connectivity index (χ4n) is 1.02. The van der Waals surface area contributed by atoms with Gasteiger partial charge in [0.05, 0.1) is 18.9 Å². The van der Waals surface area contributed by atoms with Crippen molar-refractivity contribution >= 4 is 11.6 Å². The molecule has 3 nitrogen and oxygen atoms in total. The number of rotatable bonds is 4. The highest BCUT2D eigenvalue weighted by molar-refractivity contribution is 6.32. The number of methoxy groups -OCH3 is 1. The largest absolute Gasteiger partial charge is 0.495 e. The molecule has 0 aliphatic heterocycles. The van der Waals surface area contributed by atoms with Crippen molar-refractivity contribution in [3.63, 3.8) is 0 Å². The molecule has 0 bridgehead atoms. The number of benzene rings is 1. The lowest BCUT2D eigenvalue weighted by Crippen LogP contribution is -2.13. The molecule has 0 saturated heterocycles. The third kappa shape index (κ3) is 2.88. The number of ether oxygens (including phenoxy) is 1. The molecule has 0 radical (unpaired) electrons. The second-order valence-electron chi connectivity index (χ2n) is 2.55. The van der Waals surface area contributed by atoms with E-state index in [-0.39, 0.29) is 6.73 Å². The first-order valence-electron chi connectivity index (χ1n) is 3.92. The van der Waals surface area contributed by atoms with Gasteiger partial charge < -0.3 is 9.84 Å². The SMILES string of the molecule is COc1ccc(CNCO)cc1Cl. The minimum Gasteiger partial charge on any atom is -0.495 e. The van der Waals surface area contributed by atoms with E-state index in [9.17, 15) is 0 Å². The minimum absolute atomic E-state index is 0.0380. The average molecular weight is 202 g/mol. The molecule has 72 valence electrons. The summed E-state index contributed by atoms with van der Waals surface area (Å²) in [5, 5.41) is 11.9. The Labute approximate surface area is 82.3 Å². The first-order chi connectivity index (χ1) is 6.27. The number of hydrogen-bond acceptors (Lipinski definition) is 3. The van der Waals surface area contributed by atoms with Crippen LogP contribution in [0.4, 0.5) is 0 Å². The molecule has 0 aliphatic carbocycles. The van der Waals surface area contributed by atoms with Gasteiger partial charge in [0.25, 0.3) is 0 Å². The Hall–Kier alpha value is -0.770. The van der Waals surface area contributed by atoms with Gasteiger partial charge in [0, 0.05) is 6.54 Å². The first kappa shape index (κ1) is 10.3. The third-order valence-corrected chi connectivity index (χ3v) is 1.95. The number of aliphatic hydroxyl groups is 1. The summed E-state index contributed by atoms with van der Waals surface area (Å²) < 4.78 is 5.00. The topological polar surface area (TPSA) is 41.5 Å². The fourth-order valence-corrected chi connectivity index (χ4v) is 1.30. The molecule has 0 atom stereocenters. The van der Waals surface area contributed by atoms with Crippen LogP contribution < -0.4 is 10.1 Å². The Morgan fingerprint density at radius 3 is 2.85 bits per heavy atom. The standard InChI is InChI=1S/C9H12ClNO2/c1-13-9-3-2-7(4-8(9)10)5-11-6-12/h2-4,11-12H,5-6H2,1H3. The number of halogens is 1. The normalized spacial score (nSPS) is 10.1. The van der Waals surface area contributed by atoms with E-state index in [0.717, 1.165) is 5.56 Å². The molecule has 0 heterocycles. The van der Waals surface area contributed by atoms with E-state index in [2.05, 4.69) is 5.32 Å². The van der Waals surface area contributed by atoms with E-state index >= 15 is 0 Å². The molecule has 0 aliphatic rings. The van der Waals surface area contributed by atoms with Gasteiger partial charge in [-0.3, -0.25) is 5.32 Å². The summed E-state index contributed by atoms with van der Waals surface area (Å²) in [6.45, 7) is 0.559. The van der Waals surface area contributed by atoms with Crippen molar-refractivity contribution < 1.29 is 9.84 Å². The number of aliphatic hydroxyl groups excluding tert-OH is 1. The second kappa shape index (κ2) is 5.07. The molecule has 0 spiro atoms. The maximum Gasteiger partial charge on any atom is 0.137 e. The van der Waals surface area contributed by atoms with Gasteiger partial charge >= 0.3 is 0 Å². The highest BCUT2D eigenvalue weighted by Gasteiger charge is 2.00. The predicted molar refractivity (Wildman–Crippen MR) is 51.9 cm³/mol. The molecular weight excluding hydrogens is 190 g/mol. The van der Waals surface area contributed by atoms with Crippen molar-refractivity contribution in [3.8, 4) is 5.75 Å². The molecule has 2 N–H and O–H groups in total. The summed E-state index contributed by atoms with van der Waals surface area (Å²) in [6.07, 6.45) is 0. The van der Waals surface area contributed by atoms with Gasteiger partial charge in [0.2, 0.25) is 0 Å². The van der Waals surface area contributed by atoms with Crippen molar-refractivity contribution in [2.24, 2.45) is 0 Å². The average Bonchev–Trinajstić information content (AvgIpc) is 2.15. The lowest BCUT2D eigenvalue weighted by Gasteiger charge is -2.05. The lowest BCUT2D eigenvalue weighted by atomic mass is 10.2. The molecule has 0 aromatic heterocycles. The van der Waals surface area contributed by atoms with Gasteiger partial charge in [-0.25, -0.2) is 0 Å². The zero-order valence-electron chi connectivity index (χ0n) is 7.38. The number of hydrogen-bond donors (Lipinski definition) is 2. The third-order valence-electron chi connectivity index (χ3n) is 1.66. The van der Waals surface area contributed by atoms with E-state index in [4.69, 9.17) is 21.4 Å².